The van der Waals surface area contributed by atoms with Gasteiger partial charge in [0.1, 0.15) is 12.4 Å². The van der Waals surface area contributed by atoms with Crippen LogP contribution in [0.2, 0.25) is 0 Å². The first kappa shape index (κ1) is 13.2. The Morgan fingerprint density at radius 2 is 2.00 bits per heavy atom. The maximum absolute atomic E-state index is 13.6. The van der Waals surface area contributed by atoms with Crippen LogP contribution in [0.1, 0.15) is 21.5 Å². The van der Waals surface area contributed by atoms with Gasteiger partial charge in [-0.05, 0) is 42.3 Å². The van der Waals surface area contributed by atoms with Gasteiger partial charge in [0.25, 0.3) is 0 Å². The maximum Gasteiger partial charge on any atom is 0.165 e. The van der Waals surface area contributed by atoms with Gasteiger partial charge in [-0.3, -0.25) is 4.79 Å². The third kappa shape index (κ3) is 2.96. The second kappa shape index (κ2) is 5.61. The maximum atomic E-state index is 13.6. The number of ether oxygens (including phenoxy) is 1. The number of hydrogen-bond donors (Lipinski definition) is 0. The highest BCUT2D eigenvalue weighted by atomic mass is 19.1. The fourth-order valence-corrected chi connectivity index (χ4v) is 1.72. The van der Waals surface area contributed by atoms with Crippen molar-refractivity contribution in [1.82, 2.24) is 0 Å². The molecule has 0 amide bonds. The van der Waals surface area contributed by atoms with E-state index < -0.39 is 5.82 Å². The van der Waals surface area contributed by atoms with Crippen molar-refractivity contribution < 1.29 is 18.3 Å². The van der Waals surface area contributed by atoms with E-state index in [9.17, 15) is 13.6 Å². The number of rotatable bonds is 4. The Balaban J connectivity index is 2.23. The van der Waals surface area contributed by atoms with Crippen LogP contribution in [0.25, 0.3) is 0 Å². The molecule has 0 saturated heterocycles. The monoisotopic (exact) mass is 262 g/mol. The number of benzene rings is 2. The number of aldehydes is 1. The average molecular weight is 262 g/mol. The summed E-state index contributed by atoms with van der Waals surface area (Å²) in [5.74, 6) is -1.10. The Labute approximate surface area is 109 Å². The number of halogens is 2. The molecule has 2 aromatic rings. The van der Waals surface area contributed by atoms with Gasteiger partial charge in [0, 0.05) is 0 Å². The summed E-state index contributed by atoms with van der Waals surface area (Å²) in [5, 5.41) is 0. The minimum absolute atomic E-state index is 0.00532. The average Bonchev–Trinajstić information content (AvgIpc) is 2.40. The third-order valence-electron chi connectivity index (χ3n) is 2.81. The molecule has 0 saturated carbocycles. The van der Waals surface area contributed by atoms with Gasteiger partial charge in [-0.25, -0.2) is 8.78 Å². The highest BCUT2D eigenvalue weighted by molar-refractivity contribution is 5.79. The molecule has 0 aliphatic rings. The highest BCUT2D eigenvalue weighted by Gasteiger charge is 2.10. The molecule has 19 heavy (non-hydrogen) atoms. The summed E-state index contributed by atoms with van der Waals surface area (Å²) in [6.07, 6.45) is 0.525. The summed E-state index contributed by atoms with van der Waals surface area (Å²) < 4.78 is 32.0. The van der Waals surface area contributed by atoms with E-state index in [1.807, 2.05) is 0 Å². The molecule has 2 aromatic carbocycles. The van der Waals surface area contributed by atoms with E-state index in [2.05, 4.69) is 0 Å². The molecule has 98 valence electrons. The summed E-state index contributed by atoms with van der Waals surface area (Å²) in [7, 11) is 0. The predicted molar refractivity (Wildman–Crippen MR) is 67.3 cm³/mol. The van der Waals surface area contributed by atoms with E-state index in [0.717, 1.165) is 5.56 Å². The SMILES string of the molecule is Cc1ccc(F)cc1COc1c(F)cccc1C=O. The molecular formula is C15H12F2O2. The largest absolute Gasteiger partial charge is 0.485 e. The first-order chi connectivity index (χ1) is 9.11. The lowest BCUT2D eigenvalue weighted by Crippen LogP contribution is -2.02. The van der Waals surface area contributed by atoms with Crippen molar-refractivity contribution in [3.8, 4) is 5.75 Å². The molecule has 0 heterocycles. The van der Waals surface area contributed by atoms with Crippen LogP contribution in [0.15, 0.2) is 36.4 Å². The topological polar surface area (TPSA) is 26.3 Å². The second-order valence-electron chi connectivity index (χ2n) is 4.14. The van der Waals surface area contributed by atoms with Gasteiger partial charge >= 0.3 is 0 Å². The Bertz CT molecular complexity index is 609. The van der Waals surface area contributed by atoms with Crippen LogP contribution in [0.3, 0.4) is 0 Å². The van der Waals surface area contributed by atoms with Gasteiger partial charge in [-0.1, -0.05) is 12.1 Å². The molecule has 0 atom stereocenters. The zero-order valence-corrected chi connectivity index (χ0v) is 10.3. The molecule has 4 heteroatoms. The van der Waals surface area contributed by atoms with E-state index in [0.29, 0.717) is 11.8 Å². The van der Waals surface area contributed by atoms with Crippen molar-refractivity contribution >= 4 is 6.29 Å². The Hall–Kier alpha value is -2.23. The number of aryl methyl sites for hydroxylation is 1. The predicted octanol–water partition coefficient (Wildman–Crippen LogP) is 3.66. The van der Waals surface area contributed by atoms with Crippen molar-refractivity contribution in [3.05, 3.63) is 64.7 Å². The van der Waals surface area contributed by atoms with Gasteiger partial charge in [0.05, 0.1) is 5.56 Å². The van der Waals surface area contributed by atoms with Crippen molar-refractivity contribution in [3.63, 3.8) is 0 Å². The fraction of sp³-hybridized carbons (Fsp3) is 0.133. The Morgan fingerprint density at radius 1 is 1.21 bits per heavy atom. The lowest BCUT2D eigenvalue weighted by atomic mass is 10.1. The van der Waals surface area contributed by atoms with Crippen molar-refractivity contribution in [2.45, 2.75) is 13.5 Å². The number of para-hydroxylation sites is 1. The molecule has 2 rings (SSSR count). The molecule has 0 aliphatic heterocycles. The van der Waals surface area contributed by atoms with E-state index >= 15 is 0 Å². The standard InChI is InChI=1S/C15H12F2O2/c1-10-5-6-13(16)7-12(10)9-19-15-11(8-18)3-2-4-14(15)17/h2-8H,9H2,1H3. The minimum Gasteiger partial charge on any atom is -0.485 e. The van der Waals surface area contributed by atoms with Crippen LogP contribution in [0, 0.1) is 18.6 Å². The van der Waals surface area contributed by atoms with Gasteiger partial charge in [0.15, 0.2) is 17.9 Å². The first-order valence-corrected chi connectivity index (χ1v) is 5.73. The first-order valence-electron chi connectivity index (χ1n) is 5.73. The summed E-state index contributed by atoms with van der Waals surface area (Å²) in [6, 6.07) is 8.40. The van der Waals surface area contributed by atoms with Crippen molar-refractivity contribution in [2.75, 3.05) is 0 Å². The van der Waals surface area contributed by atoms with Gasteiger partial charge in [0.2, 0.25) is 0 Å². The van der Waals surface area contributed by atoms with Crippen LogP contribution in [-0.4, -0.2) is 6.29 Å². The smallest absolute Gasteiger partial charge is 0.165 e. The summed E-state index contributed by atoms with van der Waals surface area (Å²) >= 11 is 0. The number of carbonyl (C=O) groups excluding carboxylic acids is 1. The highest BCUT2D eigenvalue weighted by Crippen LogP contribution is 2.23. The zero-order valence-electron chi connectivity index (χ0n) is 10.3. The molecule has 0 bridgehead atoms. The summed E-state index contributed by atoms with van der Waals surface area (Å²) in [4.78, 5) is 10.8. The molecule has 0 unspecified atom stereocenters. The summed E-state index contributed by atoms with van der Waals surface area (Å²) in [6.45, 7) is 1.81. The minimum atomic E-state index is -0.612. The van der Waals surface area contributed by atoms with E-state index in [-0.39, 0.29) is 23.7 Å². The molecule has 0 aliphatic carbocycles. The Morgan fingerprint density at radius 3 is 2.74 bits per heavy atom. The van der Waals surface area contributed by atoms with Crippen molar-refractivity contribution in [2.24, 2.45) is 0 Å². The molecule has 0 fully saturated rings. The molecule has 0 aromatic heterocycles. The summed E-state index contributed by atoms with van der Waals surface area (Å²) in [5.41, 5.74) is 1.58. The van der Waals surface area contributed by atoms with Gasteiger partial charge < -0.3 is 4.74 Å². The molecule has 0 radical (unpaired) electrons. The van der Waals surface area contributed by atoms with Crippen LogP contribution in [0.4, 0.5) is 8.78 Å². The lowest BCUT2D eigenvalue weighted by Gasteiger charge is -2.11. The number of hydrogen-bond acceptors (Lipinski definition) is 2. The van der Waals surface area contributed by atoms with Crippen molar-refractivity contribution in [1.29, 1.82) is 0 Å². The van der Waals surface area contributed by atoms with Gasteiger partial charge in [-0.2, -0.15) is 0 Å². The van der Waals surface area contributed by atoms with Crippen LogP contribution >= 0.6 is 0 Å². The molecular weight excluding hydrogens is 250 g/mol. The van der Waals surface area contributed by atoms with E-state index in [1.165, 1.54) is 30.3 Å². The second-order valence-corrected chi connectivity index (χ2v) is 4.14. The van der Waals surface area contributed by atoms with E-state index in [1.54, 1.807) is 13.0 Å². The quantitative estimate of drug-likeness (QED) is 0.786. The Kier molecular flexibility index (Phi) is 3.90. The normalized spacial score (nSPS) is 10.3. The third-order valence-corrected chi connectivity index (χ3v) is 2.81. The van der Waals surface area contributed by atoms with E-state index in [4.69, 9.17) is 4.74 Å². The molecule has 0 spiro atoms. The number of carbonyl (C=O) groups is 1. The van der Waals surface area contributed by atoms with Gasteiger partial charge in [-0.15, -0.1) is 0 Å². The van der Waals surface area contributed by atoms with Crippen LogP contribution < -0.4 is 4.74 Å². The fourth-order valence-electron chi connectivity index (χ4n) is 1.72. The molecule has 2 nitrogen and oxygen atoms in total. The van der Waals surface area contributed by atoms with Crippen LogP contribution in [0.5, 0.6) is 5.75 Å². The lowest BCUT2D eigenvalue weighted by molar-refractivity contribution is 0.111. The zero-order chi connectivity index (χ0) is 13.8. The van der Waals surface area contributed by atoms with Crippen LogP contribution in [-0.2, 0) is 6.61 Å². The molecule has 0 N–H and O–H groups in total.